The van der Waals surface area contributed by atoms with Crippen LogP contribution in [0.5, 0.6) is 0 Å². The molecule has 0 atom stereocenters. The maximum atomic E-state index is 4.14. The van der Waals surface area contributed by atoms with E-state index in [1.54, 1.807) is 17.4 Å². The highest BCUT2D eigenvalue weighted by Gasteiger charge is 2.01. The second kappa shape index (κ2) is 3.04. The molecule has 0 unspecified atom stereocenters. The molecular weight excluding hydrogens is 152 g/mol. The van der Waals surface area contributed by atoms with Crippen LogP contribution in [0.15, 0.2) is 41.8 Å². The van der Waals surface area contributed by atoms with Gasteiger partial charge in [-0.05, 0) is 18.2 Å². The Hall–Kier alpha value is -1.84. The van der Waals surface area contributed by atoms with Crippen molar-refractivity contribution < 1.29 is 0 Å². The van der Waals surface area contributed by atoms with Gasteiger partial charge < -0.3 is 0 Å². The van der Waals surface area contributed by atoms with Gasteiger partial charge in [-0.15, -0.1) is 0 Å². The summed E-state index contributed by atoms with van der Waals surface area (Å²) in [6, 6.07) is 5.70. The van der Waals surface area contributed by atoms with Crippen LogP contribution in [0.4, 0.5) is 5.82 Å². The molecule has 4 heteroatoms. The van der Waals surface area contributed by atoms with E-state index in [1.807, 2.05) is 30.5 Å². The van der Waals surface area contributed by atoms with E-state index < -0.39 is 0 Å². The molecular formula is C8H8N4. The zero-order valence-electron chi connectivity index (χ0n) is 6.38. The van der Waals surface area contributed by atoms with Gasteiger partial charge in [-0.3, -0.25) is 0 Å². The first-order valence-corrected chi connectivity index (χ1v) is 3.62. The number of hydrogen-bond donors (Lipinski definition) is 1. The van der Waals surface area contributed by atoms with Gasteiger partial charge in [-0.2, -0.15) is 5.10 Å². The minimum Gasteiger partial charge on any atom is -0.237 e. The number of hydrazine groups is 1. The van der Waals surface area contributed by atoms with Crippen molar-refractivity contribution >= 4 is 12.0 Å². The summed E-state index contributed by atoms with van der Waals surface area (Å²) in [5.74, 6) is 0.825. The molecule has 12 heavy (non-hydrogen) atoms. The second-order valence-corrected chi connectivity index (χ2v) is 2.28. The van der Waals surface area contributed by atoms with Crippen LogP contribution in [0.1, 0.15) is 0 Å². The molecule has 0 aromatic carbocycles. The van der Waals surface area contributed by atoms with E-state index in [2.05, 4.69) is 15.6 Å². The molecule has 2 heterocycles. The Morgan fingerprint density at radius 2 is 2.33 bits per heavy atom. The molecule has 0 spiro atoms. The van der Waals surface area contributed by atoms with Crippen molar-refractivity contribution in [1.82, 2.24) is 10.5 Å². The highest BCUT2D eigenvalue weighted by Crippen LogP contribution is 2.07. The van der Waals surface area contributed by atoms with Crippen LogP contribution >= 0.6 is 0 Å². The number of anilines is 1. The number of hydrogen-bond acceptors (Lipinski definition) is 4. The Morgan fingerprint density at radius 3 is 3.00 bits per heavy atom. The molecule has 0 saturated heterocycles. The van der Waals surface area contributed by atoms with Crippen LogP contribution in [0.3, 0.4) is 0 Å². The Morgan fingerprint density at radius 1 is 1.33 bits per heavy atom. The van der Waals surface area contributed by atoms with Crippen molar-refractivity contribution in [3.63, 3.8) is 0 Å². The van der Waals surface area contributed by atoms with Crippen LogP contribution < -0.4 is 10.5 Å². The second-order valence-electron chi connectivity index (χ2n) is 2.28. The summed E-state index contributed by atoms with van der Waals surface area (Å²) in [6.07, 6.45) is 7.11. The van der Waals surface area contributed by atoms with Crippen molar-refractivity contribution in [2.24, 2.45) is 5.10 Å². The predicted molar refractivity (Wildman–Crippen MR) is 47.5 cm³/mol. The molecule has 0 aliphatic carbocycles. The van der Waals surface area contributed by atoms with Gasteiger partial charge in [0.25, 0.3) is 0 Å². The maximum Gasteiger partial charge on any atom is 0.152 e. The molecule has 1 aliphatic heterocycles. The number of nitrogens with zero attached hydrogens (tertiary/aromatic N) is 3. The Kier molecular flexibility index (Phi) is 1.74. The van der Waals surface area contributed by atoms with Crippen LogP contribution in [0.2, 0.25) is 0 Å². The lowest BCUT2D eigenvalue weighted by atomic mass is 10.4. The summed E-state index contributed by atoms with van der Waals surface area (Å²) in [5, 5.41) is 5.60. The average molecular weight is 160 g/mol. The monoisotopic (exact) mass is 160 g/mol. The third-order valence-corrected chi connectivity index (χ3v) is 1.46. The molecule has 0 bridgehead atoms. The number of aromatic nitrogens is 1. The minimum absolute atomic E-state index is 0.825. The summed E-state index contributed by atoms with van der Waals surface area (Å²) in [7, 11) is 0. The van der Waals surface area contributed by atoms with Gasteiger partial charge in [0.05, 0.1) is 6.21 Å². The number of hydrazone groups is 1. The standard InChI is InChI=1S/C8H8N4/c1-2-5-9-8(4-1)12-7-3-6-10-11-12/h1-7,11H. The van der Waals surface area contributed by atoms with E-state index in [-0.39, 0.29) is 0 Å². The van der Waals surface area contributed by atoms with Gasteiger partial charge >= 0.3 is 0 Å². The lowest BCUT2D eigenvalue weighted by Gasteiger charge is -2.18. The maximum absolute atomic E-state index is 4.14. The molecule has 1 aromatic rings. The summed E-state index contributed by atoms with van der Waals surface area (Å²) in [4.78, 5) is 4.14. The van der Waals surface area contributed by atoms with E-state index in [9.17, 15) is 0 Å². The minimum atomic E-state index is 0.825. The van der Waals surface area contributed by atoms with Gasteiger partial charge in [0.2, 0.25) is 0 Å². The highest BCUT2D eigenvalue weighted by molar-refractivity contribution is 5.72. The van der Waals surface area contributed by atoms with Crippen molar-refractivity contribution in [3.8, 4) is 0 Å². The molecule has 0 fully saturated rings. The summed E-state index contributed by atoms with van der Waals surface area (Å²) < 4.78 is 0. The van der Waals surface area contributed by atoms with Crippen molar-refractivity contribution in [2.45, 2.75) is 0 Å². The normalized spacial score (nSPS) is 14.5. The van der Waals surface area contributed by atoms with E-state index in [0.29, 0.717) is 0 Å². The number of pyridine rings is 1. The van der Waals surface area contributed by atoms with E-state index >= 15 is 0 Å². The summed E-state index contributed by atoms with van der Waals surface area (Å²) in [5.41, 5.74) is 2.79. The lowest BCUT2D eigenvalue weighted by Crippen LogP contribution is -2.31. The third-order valence-electron chi connectivity index (χ3n) is 1.46. The average Bonchev–Trinajstić information content (AvgIpc) is 2.21. The Bertz CT molecular complexity index is 304. The number of allylic oxidation sites excluding steroid dienone is 1. The van der Waals surface area contributed by atoms with Gasteiger partial charge in [0, 0.05) is 12.4 Å². The quantitative estimate of drug-likeness (QED) is 0.663. The molecule has 60 valence electrons. The van der Waals surface area contributed by atoms with Gasteiger partial charge in [0.1, 0.15) is 0 Å². The number of nitrogens with one attached hydrogen (secondary N) is 1. The lowest BCUT2D eigenvalue weighted by molar-refractivity contribution is 0.739. The first-order valence-electron chi connectivity index (χ1n) is 3.62. The smallest absolute Gasteiger partial charge is 0.152 e. The molecule has 1 N–H and O–H groups in total. The Labute approximate surface area is 70.2 Å². The topological polar surface area (TPSA) is 40.5 Å². The highest BCUT2D eigenvalue weighted by atomic mass is 15.7. The first kappa shape index (κ1) is 6.84. The fourth-order valence-corrected chi connectivity index (χ4v) is 0.920. The van der Waals surface area contributed by atoms with Gasteiger partial charge in [-0.25, -0.2) is 15.5 Å². The fraction of sp³-hybridized carbons (Fsp3) is 0. The van der Waals surface area contributed by atoms with E-state index in [0.717, 1.165) is 5.82 Å². The van der Waals surface area contributed by atoms with Crippen LogP contribution in [0.25, 0.3) is 0 Å². The van der Waals surface area contributed by atoms with Crippen LogP contribution in [0, 0.1) is 0 Å². The molecule has 2 rings (SSSR count). The van der Waals surface area contributed by atoms with Crippen molar-refractivity contribution in [3.05, 3.63) is 36.7 Å². The van der Waals surface area contributed by atoms with Gasteiger partial charge in [-0.1, -0.05) is 6.07 Å². The number of rotatable bonds is 1. The molecule has 0 saturated carbocycles. The zero-order chi connectivity index (χ0) is 8.23. The molecule has 1 aliphatic rings. The van der Waals surface area contributed by atoms with Crippen molar-refractivity contribution in [2.75, 3.05) is 5.01 Å². The SMILES string of the molecule is C1=CN(c2ccccn2)NN=C1. The van der Waals surface area contributed by atoms with Crippen molar-refractivity contribution in [1.29, 1.82) is 0 Å². The Balaban J connectivity index is 2.21. The predicted octanol–water partition coefficient (Wildman–Crippen LogP) is 0.906. The fourth-order valence-electron chi connectivity index (χ4n) is 0.920. The largest absolute Gasteiger partial charge is 0.237 e. The molecule has 0 amide bonds. The van der Waals surface area contributed by atoms with Crippen LogP contribution in [-0.4, -0.2) is 11.2 Å². The van der Waals surface area contributed by atoms with E-state index in [4.69, 9.17) is 0 Å². The van der Waals surface area contributed by atoms with Gasteiger partial charge in [0.15, 0.2) is 5.82 Å². The first-order chi connectivity index (χ1) is 5.97. The zero-order valence-corrected chi connectivity index (χ0v) is 6.38. The summed E-state index contributed by atoms with van der Waals surface area (Å²) >= 11 is 0. The third kappa shape index (κ3) is 1.27. The molecule has 4 nitrogen and oxygen atoms in total. The van der Waals surface area contributed by atoms with E-state index in [1.165, 1.54) is 0 Å². The molecule has 0 radical (unpaired) electrons. The summed E-state index contributed by atoms with van der Waals surface area (Å²) in [6.45, 7) is 0. The van der Waals surface area contributed by atoms with Crippen LogP contribution in [-0.2, 0) is 0 Å². The molecule has 1 aromatic heterocycles.